The van der Waals surface area contributed by atoms with E-state index in [1.54, 1.807) is 6.20 Å². The normalized spacial score (nSPS) is 14.5. The van der Waals surface area contributed by atoms with Crippen molar-refractivity contribution < 1.29 is 14.3 Å². The number of anilines is 1. The van der Waals surface area contributed by atoms with Crippen molar-refractivity contribution in [3.05, 3.63) is 35.3 Å². The standard InChI is InChI=1S/C17H21N3O3S/c1-12(13-3-4-14-15(11-13)23-9-8-22-14)20(2)7-5-16(21)19-17-18-6-10-24-17/h3-4,6,10-12H,5,7-9H2,1-2H3,(H,18,19,21)/t12-/m1/s1. The summed E-state index contributed by atoms with van der Waals surface area (Å²) in [4.78, 5) is 18.2. The molecule has 0 saturated carbocycles. The molecule has 0 saturated heterocycles. The first-order chi connectivity index (χ1) is 11.6. The van der Waals surface area contributed by atoms with E-state index in [9.17, 15) is 4.79 Å². The summed E-state index contributed by atoms with van der Waals surface area (Å²) in [5, 5.41) is 5.28. The van der Waals surface area contributed by atoms with Gasteiger partial charge in [-0.25, -0.2) is 4.98 Å². The molecule has 0 bridgehead atoms. The molecule has 24 heavy (non-hydrogen) atoms. The molecule has 2 heterocycles. The van der Waals surface area contributed by atoms with E-state index in [0.29, 0.717) is 31.3 Å². The molecule has 1 aromatic heterocycles. The number of carbonyl (C=O) groups excluding carboxylic acids is 1. The highest BCUT2D eigenvalue weighted by atomic mass is 32.1. The lowest BCUT2D eigenvalue weighted by Gasteiger charge is -2.26. The van der Waals surface area contributed by atoms with Crippen LogP contribution in [-0.2, 0) is 4.79 Å². The van der Waals surface area contributed by atoms with Gasteiger partial charge in [0, 0.05) is 30.6 Å². The van der Waals surface area contributed by atoms with Crippen LogP contribution in [0.3, 0.4) is 0 Å². The van der Waals surface area contributed by atoms with Crippen LogP contribution in [0.25, 0.3) is 0 Å². The maximum absolute atomic E-state index is 12.0. The molecular weight excluding hydrogens is 326 g/mol. The number of rotatable bonds is 6. The van der Waals surface area contributed by atoms with E-state index in [-0.39, 0.29) is 11.9 Å². The first kappa shape index (κ1) is 16.7. The average molecular weight is 347 g/mol. The molecule has 1 aromatic carbocycles. The van der Waals surface area contributed by atoms with Gasteiger partial charge in [-0.15, -0.1) is 11.3 Å². The zero-order valence-corrected chi connectivity index (χ0v) is 14.6. The molecule has 128 valence electrons. The highest BCUT2D eigenvalue weighted by Gasteiger charge is 2.17. The number of ether oxygens (including phenoxy) is 2. The molecule has 7 heteroatoms. The summed E-state index contributed by atoms with van der Waals surface area (Å²) in [7, 11) is 2.01. The smallest absolute Gasteiger partial charge is 0.227 e. The zero-order chi connectivity index (χ0) is 16.9. The van der Waals surface area contributed by atoms with E-state index in [4.69, 9.17) is 9.47 Å². The van der Waals surface area contributed by atoms with Crippen LogP contribution in [0.1, 0.15) is 24.9 Å². The Morgan fingerprint density at radius 3 is 2.92 bits per heavy atom. The Labute approximate surface area is 145 Å². The monoisotopic (exact) mass is 347 g/mol. The van der Waals surface area contributed by atoms with E-state index < -0.39 is 0 Å². The first-order valence-electron chi connectivity index (χ1n) is 7.92. The largest absolute Gasteiger partial charge is 0.486 e. The van der Waals surface area contributed by atoms with Crippen molar-refractivity contribution in [2.24, 2.45) is 0 Å². The molecule has 2 aromatic rings. The van der Waals surface area contributed by atoms with Crippen LogP contribution in [0.4, 0.5) is 5.13 Å². The number of thiazole rings is 1. The van der Waals surface area contributed by atoms with E-state index in [0.717, 1.165) is 17.1 Å². The Balaban J connectivity index is 1.54. The fourth-order valence-corrected chi connectivity index (χ4v) is 3.06. The van der Waals surface area contributed by atoms with Crippen LogP contribution in [0.2, 0.25) is 0 Å². The van der Waals surface area contributed by atoms with Crippen molar-refractivity contribution in [3.8, 4) is 11.5 Å². The van der Waals surface area contributed by atoms with Crippen molar-refractivity contribution in [3.63, 3.8) is 0 Å². The summed E-state index contributed by atoms with van der Waals surface area (Å²) >= 11 is 1.42. The SMILES string of the molecule is C[C@H](c1ccc2c(c1)OCCO2)N(C)CCC(=O)Nc1nccs1. The van der Waals surface area contributed by atoms with Gasteiger partial charge < -0.3 is 14.8 Å². The van der Waals surface area contributed by atoms with Gasteiger partial charge in [0.05, 0.1) is 0 Å². The highest BCUT2D eigenvalue weighted by Crippen LogP contribution is 2.33. The third-order valence-corrected chi connectivity index (χ3v) is 4.77. The lowest BCUT2D eigenvalue weighted by atomic mass is 10.1. The third kappa shape index (κ3) is 4.04. The second kappa shape index (κ2) is 7.63. The molecule has 1 N–H and O–H groups in total. The summed E-state index contributed by atoms with van der Waals surface area (Å²) in [6.45, 7) is 3.95. The van der Waals surface area contributed by atoms with Crippen molar-refractivity contribution >= 4 is 22.4 Å². The number of fused-ring (bicyclic) bond motifs is 1. The molecule has 0 spiro atoms. The summed E-state index contributed by atoms with van der Waals surface area (Å²) in [6, 6.07) is 6.19. The van der Waals surface area contributed by atoms with Crippen molar-refractivity contribution in [2.75, 3.05) is 32.1 Å². The molecule has 3 rings (SSSR count). The van der Waals surface area contributed by atoms with Gasteiger partial charge >= 0.3 is 0 Å². The van der Waals surface area contributed by atoms with Crippen LogP contribution < -0.4 is 14.8 Å². The maximum atomic E-state index is 12.0. The molecular formula is C17H21N3O3S. The Morgan fingerprint density at radius 1 is 1.38 bits per heavy atom. The van der Waals surface area contributed by atoms with Crippen LogP contribution in [0.15, 0.2) is 29.8 Å². The molecule has 0 fully saturated rings. The maximum Gasteiger partial charge on any atom is 0.227 e. The van der Waals surface area contributed by atoms with E-state index in [1.165, 1.54) is 11.3 Å². The van der Waals surface area contributed by atoms with Gasteiger partial charge in [-0.1, -0.05) is 6.07 Å². The molecule has 1 amide bonds. The second-order valence-corrected chi connectivity index (χ2v) is 6.59. The predicted octanol–water partition coefficient (Wildman–Crippen LogP) is 2.94. The van der Waals surface area contributed by atoms with Gasteiger partial charge in [-0.05, 0) is 31.7 Å². The lowest BCUT2D eigenvalue weighted by molar-refractivity contribution is -0.116. The van der Waals surface area contributed by atoms with Crippen LogP contribution in [0, 0.1) is 0 Å². The number of aromatic nitrogens is 1. The van der Waals surface area contributed by atoms with Gasteiger partial charge in [0.1, 0.15) is 13.2 Å². The molecule has 0 radical (unpaired) electrons. The number of nitrogens with zero attached hydrogens (tertiary/aromatic N) is 2. The fraction of sp³-hybridized carbons (Fsp3) is 0.412. The molecule has 6 nitrogen and oxygen atoms in total. The van der Waals surface area contributed by atoms with Gasteiger partial charge in [0.15, 0.2) is 16.6 Å². The molecule has 0 aliphatic carbocycles. The van der Waals surface area contributed by atoms with Crippen molar-refractivity contribution in [1.29, 1.82) is 0 Å². The Hall–Kier alpha value is -2.12. The zero-order valence-electron chi connectivity index (χ0n) is 13.8. The average Bonchev–Trinajstić information content (AvgIpc) is 3.11. The molecule has 0 unspecified atom stereocenters. The Bertz CT molecular complexity index is 690. The van der Waals surface area contributed by atoms with Crippen LogP contribution >= 0.6 is 11.3 Å². The molecule has 1 atom stereocenters. The number of carbonyl (C=O) groups is 1. The molecule has 1 aliphatic rings. The minimum atomic E-state index is -0.0221. The van der Waals surface area contributed by atoms with E-state index in [2.05, 4.69) is 22.1 Å². The van der Waals surface area contributed by atoms with Crippen LogP contribution in [-0.4, -0.2) is 42.6 Å². The minimum absolute atomic E-state index is 0.0221. The summed E-state index contributed by atoms with van der Waals surface area (Å²) in [5.74, 6) is 1.56. The van der Waals surface area contributed by atoms with Gasteiger partial charge in [0.25, 0.3) is 0 Å². The fourth-order valence-electron chi connectivity index (χ4n) is 2.51. The molecule has 1 aliphatic heterocycles. The number of benzene rings is 1. The van der Waals surface area contributed by atoms with E-state index in [1.807, 2.05) is 30.6 Å². The van der Waals surface area contributed by atoms with E-state index >= 15 is 0 Å². The highest BCUT2D eigenvalue weighted by molar-refractivity contribution is 7.13. The first-order valence-corrected chi connectivity index (χ1v) is 8.80. The van der Waals surface area contributed by atoms with Crippen molar-refractivity contribution in [1.82, 2.24) is 9.88 Å². The quantitative estimate of drug-likeness (QED) is 0.870. The predicted molar refractivity (Wildman–Crippen MR) is 93.8 cm³/mol. The number of hydrogen-bond acceptors (Lipinski definition) is 6. The lowest BCUT2D eigenvalue weighted by Crippen LogP contribution is -2.27. The van der Waals surface area contributed by atoms with Gasteiger partial charge in [0.2, 0.25) is 5.91 Å². The van der Waals surface area contributed by atoms with Crippen LogP contribution in [0.5, 0.6) is 11.5 Å². The summed E-state index contributed by atoms with van der Waals surface area (Å²) in [6.07, 6.45) is 2.10. The van der Waals surface area contributed by atoms with Gasteiger partial charge in [-0.3, -0.25) is 9.69 Å². The summed E-state index contributed by atoms with van der Waals surface area (Å²) < 4.78 is 11.2. The number of amides is 1. The Morgan fingerprint density at radius 2 is 2.17 bits per heavy atom. The van der Waals surface area contributed by atoms with Crippen molar-refractivity contribution in [2.45, 2.75) is 19.4 Å². The number of nitrogens with one attached hydrogen (secondary N) is 1. The number of hydrogen-bond donors (Lipinski definition) is 1. The Kier molecular flexibility index (Phi) is 5.32. The summed E-state index contributed by atoms with van der Waals surface area (Å²) in [5.41, 5.74) is 1.14. The topological polar surface area (TPSA) is 63.7 Å². The third-order valence-electron chi connectivity index (χ3n) is 4.08. The minimum Gasteiger partial charge on any atom is -0.486 e. The van der Waals surface area contributed by atoms with Gasteiger partial charge in [-0.2, -0.15) is 0 Å². The second-order valence-electron chi connectivity index (χ2n) is 5.70.